The van der Waals surface area contributed by atoms with Gasteiger partial charge in [0.25, 0.3) is 5.56 Å². The van der Waals surface area contributed by atoms with Crippen molar-refractivity contribution >= 4 is 11.6 Å². The Hall–Kier alpha value is -3.09. The third kappa shape index (κ3) is 4.36. The Bertz CT molecular complexity index is 965. The first kappa shape index (κ1) is 18.7. The molecule has 1 saturated heterocycles. The van der Waals surface area contributed by atoms with Crippen LogP contribution in [0.3, 0.4) is 0 Å². The molecular formula is C21H23N5O. The Balaban J connectivity index is 2.10. The first-order chi connectivity index (χ1) is 13.0. The van der Waals surface area contributed by atoms with Crippen molar-refractivity contribution in [3.63, 3.8) is 0 Å². The number of aromatic amines is 1. The highest BCUT2D eigenvalue weighted by Gasteiger charge is 2.20. The predicted molar refractivity (Wildman–Crippen MR) is 108 cm³/mol. The second-order valence-corrected chi connectivity index (χ2v) is 7.02. The summed E-state index contributed by atoms with van der Waals surface area (Å²) in [5, 5.41) is 0. The second kappa shape index (κ2) is 8.07. The van der Waals surface area contributed by atoms with E-state index in [-0.39, 0.29) is 17.5 Å². The molecule has 0 unspecified atom stereocenters. The van der Waals surface area contributed by atoms with Gasteiger partial charge in [0.2, 0.25) is 5.95 Å². The van der Waals surface area contributed by atoms with Crippen molar-refractivity contribution < 1.29 is 0 Å². The summed E-state index contributed by atoms with van der Waals surface area (Å²) in [5.74, 6) is 6.73. The number of nitrogens with two attached hydrogens (primary N) is 1. The summed E-state index contributed by atoms with van der Waals surface area (Å²) < 4.78 is 0. The molecule has 0 amide bonds. The maximum absolute atomic E-state index is 12.8. The van der Waals surface area contributed by atoms with Crippen LogP contribution >= 0.6 is 0 Å². The molecule has 0 spiro atoms. The number of piperidine rings is 1. The van der Waals surface area contributed by atoms with E-state index in [9.17, 15) is 4.79 Å². The topological polar surface area (TPSA) is 79.4 Å². The molecule has 6 heteroatoms. The molecule has 0 atom stereocenters. The molecule has 27 heavy (non-hydrogen) atoms. The van der Waals surface area contributed by atoms with Crippen molar-refractivity contribution in [2.45, 2.75) is 32.7 Å². The Morgan fingerprint density at radius 2 is 1.96 bits per heavy atom. The zero-order valence-corrected chi connectivity index (χ0v) is 15.6. The van der Waals surface area contributed by atoms with Crippen molar-refractivity contribution in [2.75, 3.05) is 18.0 Å². The van der Waals surface area contributed by atoms with Crippen LogP contribution in [-0.2, 0) is 0 Å². The Morgan fingerprint density at radius 3 is 2.56 bits per heavy atom. The molecule has 0 saturated carbocycles. The lowest BCUT2D eigenvalue weighted by Crippen LogP contribution is -2.41. The average Bonchev–Trinajstić information content (AvgIpc) is 2.67. The van der Waals surface area contributed by atoms with Crippen LogP contribution in [0.2, 0.25) is 0 Å². The molecule has 6 nitrogen and oxygen atoms in total. The second-order valence-electron chi connectivity index (χ2n) is 7.02. The predicted octanol–water partition coefficient (Wildman–Crippen LogP) is 2.92. The van der Waals surface area contributed by atoms with Crippen LogP contribution in [0.15, 0.2) is 29.1 Å². The quantitative estimate of drug-likeness (QED) is 0.637. The van der Waals surface area contributed by atoms with Crippen LogP contribution < -0.4 is 16.2 Å². The normalized spacial score (nSPS) is 14.6. The molecule has 1 fully saturated rings. The number of nitrogens with zero attached hydrogens (tertiary/aromatic N) is 3. The first-order valence-corrected chi connectivity index (χ1v) is 9.12. The summed E-state index contributed by atoms with van der Waals surface area (Å²) >= 11 is 0. The molecular weight excluding hydrogens is 338 g/mol. The molecule has 1 aromatic heterocycles. The maximum atomic E-state index is 12.8. The highest BCUT2D eigenvalue weighted by Crippen LogP contribution is 2.25. The number of benzene rings is 1. The summed E-state index contributed by atoms with van der Waals surface area (Å²) in [6.45, 7) is 12.6. The lowest BCUT2D eigenvalue weighted by Gasteiger charge is -2.30. The van der Waals surface area contributed by atoms with Gasteiger partial charge in [-0.1, -0.05) is 50.0 Å². The van der Waals surface area contributed by atoms with E-state index in [0.717, 1.165) is 31.5 Å². The van der Waals surface area contributed by atoms with Gasteiger partial charge in [-0.25, -0.2) is 9.83 Å². The molecule has 138 valence electrons. The fourth-order valence-corrected chi connectivity index (χ4v) is 2.96. The molecule has 0 bridgehead atoms. The van der Waals surface area contributed by atoms with Crippen LogP contribution in [0, 0.1) is 24.3 Å². The lowest BCUT2D eigenvalue weighted by atomic mass is 10.1. The Labute approximate surface area is 159 Å². The number of H-pyrrole nitrogens is 1. The molecule has 2 heterocycles. The van der Waals surface area contributed by atoms with Gasteiger partial charge < -0.3 is 10.6 Å². The van der Waals surface area contributed by atoms with Crippen LogP contribution in [0.5, 0.6) is 0 Å². The Kier molecular flexibility index (Phi) is 5.59. The standard InChI is InChI=1S/C21H23N5O/c1-14(2)4-9-18-19(15-5-7-17(23-3)8-6-15)24-21(25-20(18)27)26-12-10-16(22)11-13-26/h5-8,14,16H,10-13,22H2,1-2H3,(H,24,25,27). The van der Waals surface area contributed by atoms with Gasteiger partial charge in [-0.15, -0.1) is 0 Å². The van der Waals surface area contributed by atoms with Gasteiger partial charge in [-0.05, 0) is 18.4 Å². The van der Waals surface area contributed by atoms with Crippen LogP contribution in [0.1, 0.15) is 32.3 Å². The minimum atomic E-state index is -0.243. The highest BCUT2D eigenvalue weighted by atomic mass is 16.1. The zero-order chi connectivity index (χ0) is 19.4. The fourth-order valence-electron chi connectivity index (χ4n) is 2.96. The van der Waals surface area contributed by atoms with E-state index in [1.54, 1.807) is 12.1 Å². The summed E-state index contributed by atoms with van der Waals surface area (Å²) in [6, 6.07) is 7.27. The van der Waals surface area contributed by atoms with E-state index in [0.29, 0.717) is 22.9 Å². The van der Waals surface area contributed by atoms with Gasteiger partial charge in [0.05, 0.1) is 12.3 Å². The minimum Gasteiger partial charge on any atom is -0.342 e. The number of hydrogen-bond acceptors (Lipinski definition) is 4. The number of anilines is 1. The van der Waals surface area contributed by atoms with E-state index in [1.165, 1.54) is 0 Å². The molecule has 0 aliphatic carbocycles. The van der Waals surface area contributed by atoms with Crippen molar-refractivity contribution in [2.24, 2.45) is 11.7 Å². The molecule has 3 rings (SSSR count). The summed E-state index contributed by atoms with van der Waals surface area (Å²) in [5.41, 5.74) is 7.97. The molecule has 1 aliphatic rings. The van der Waals surface area contributed by atoms with Crippen molar-refractivity contribution in [3.05, 3.63) is 51.6 Å². The van der Waals surface area contributed by atoms with Crippen molar-refractivity contribution in [1.82, 2.24) is 9.97 Å². The molecule has 2 aromatic rings. The first-order valence-electron chi connectivity index (χ1n) is 9.12. The monoisotopic (exact) mass is 361 g/mol. The SMILES string of the molecule is [C-]#[N+]c1ccc(-c2nc(N3CCC(N)CC3)[nH]c(=O)c2C#CC(C)C)cc1. The summed E-state index contributed by atoms with van der Waals surface area (Å²) in [6.07, 6.45) is 1.74. The molecule has 1 aromatic carbocycles. The fraction of sp³-hybridized carbons (Fsp3) is 0.381. The van der Waals surface area contributed by atoms with E-state index in [1.807, 2.05) is 26.0 Å². The van der Waals surface area contributed by atoms with Crippen molar-refractivity contribution in [1.29, 1.82) is 0 Å². The van der Waals surface area contributed by atoms with E-state index in [4.69, 9.17) is 17.3 Å². The van der Waals surface area contributed by atoms with Gasteiger partial charge in [-0.3, -0.25) is 9.78 Å². The van der Waals surface area contributed by atoms with Crippen LogP contribution in [-0.4, -0.2) is 29.1 Å². The minimum absolute atomic E-state index is 0.144. The Morgan fingerprint density at radius 1 is 1.30 bits per heavy atom. The smallest absolute Gasteiger partial charge is 0.268 e. The van der Waals surface area contributed by atoms with Gasteiger partial charge in [0, 0.05) is 25.0 Å². The number of hydrogen-bond donors (Lipinski definition) is 2. The van der Waals surface area contributed by atoms with Gasteiger partial charge in [0.15, 0.2) is 5.69 Å². The largest absolute Gasteiger partial charge is 0.342 e. The van der Waals surface area contributed by atoms with E-state index >= 15 is 0 Å². The maximum Gasteiger partial charge on any atom is 0.268 e. The molecule has 1 aliphatic heterocycles. The third-order valence-electron chi connectivity index (χ3n) is 4.50. The lowest BCUT2D eigenvalue weighted by molar-refractivity contribution is 0.495. The highest BCUT2D eigenvalue weighted by molar-refractivity contribution is 5.70. The zero-order valence-electron chi connectivity index (χ0n) is 15.6. The number of aromatic nitrogens is 2. The third-order valence-corrected chi connectivity index (χ3v) is 4.50. The van der Waals surface area contributed by atoms with E-state index in [2.05, 4.69) is 26.6 Å². The number of rotatable bonds is 2. The van der Waals surface area contributed by atoms with Crippen molar-refractivity contribution in [3.8, 4) is 23.1 Å². The van der Waals surface area contributed by atoms with Gasteiger partial charge in [0.1, 0.15) is 5.56 Å². The summed E-state index contributed by atoms with van der Waals surface area (Å²) in [7, 11) is 0. The van der Waals surface area contributed by atoms with Gasteiger partial charge in [-0.2, -0.15) is 0 Å². The average molecular weight is 361 g/mol. The summed E-state index contributed by atoms with van der Waals surface area (Å²) in [4.78, 5) is 25.9. The molecule has 0 radical (unpaired) electrons. The van der Waals surface area contributed by atoms with Crippen LogP contribution in [0.25, 0.3) is 16.1 Å². The van der Waals surface area contributed by atoms with Crippen LogP contribution in [0.4, 0.5) is 11.6 Å². The van der Waals surface area contributed by atoms with E-state index < -0.39 is 0 Å². The number of nitrogens with one attached hydrogen (secondary N) is 1. The van der Waals surface area contributed by atoms with Gasteiger partial charge >= 0.3 is 0 Å². The molecule has 3 N–H and O–H groups in total.